The Kier molecular flexibility index (Phi) is 7.20. The molecule has 0 aliphatic heterocycles. The number of halogens is 5. The number of para-hydroxylation sites is 1. The molecule has 0 radical (unpaired) electrons. The highest BCUT2D eigenvalue weighted by Gasteiger charge is 2.32. The Bertz CT molecular complexity index is 1310. The largest absolute Gasteiger partial charge is 0.350 e. The quantitative estimate of drug-likeness (QED) is 0.292. The molecule has 0 saturated heterocycles. The molecule has 0 saturated carbocycles. The van der Waals surface area contributed by atoms with E-state index in [0.717, 1.165) is 11.3 Å². The minimum Gasteiger partial charge on any atom is -0.350 e. The molecule has 6 nitrogen and oxygen atoms in total. The van der Waals surface area contributed by atoms with E-state index in [4.69, 9.17) is 11.6 Å². The van der Waals surface area contributed by atoms with Gasteiger partial charge in [0.2, 0.25) is 5.91 Å². The maximum absolute atomic E-state index is 13.5. The second kappa shape index (κ2) is 10.3. The van der Waals surface area contributed by atoms with E-state index < -0.39 is 41.2 Å². The van der Waals surface area contributed by atoms with E-state index in [1.807, 2.05) is 60.7 Å². The highest BCUT2D eigenvalue weighted by molar-refractivity contribution is 6.32. The van der Waals surface area contributed by atoms with Crippen molar-refractivity contribution >= 4 is 17.5 Å². The first kappa shape index (κ1) is 24.5. The fourth-order valence-corrected chi connectivity index (χ4v) is 3.90. The first-order valence-electron chi connectivity index (χ1n) is 10.6. The molecule has 0 aliphatic carbocycles. The van der Waals surface area contributed by atoms with E-state index in [1.165, 1.54) is 6.92 Å². The third-order valence-electron chi connectivity index (χ3n) is 5.38. The number of aromatic nitrogens is 4. The lowest BCUT2D eigenvalue weighted by molar-refractivity contribution is -0.124. The van der Waals surface area contributed by atoms with Crippen molar-refractivity contribution in [2.45, 2.75) is 32.4 Å². The monoisotopic (exact) mass is 505 g/mol. The van der Waals surface area contributed by atoms with Crippen LogP contribution in [0.25, 0.3) is 16.9 Å². The van der Waals surface area contributed by atoms with Gasteiger partial charge < -0.3 is 5.32 Å². The highest BCUT2D eigenvalue weighted by atomic mass is 35.5. The smallest absolute Gasteiger partial charge is 0.283 e. The van der Waals surface area contributed by atoms with Crippen LogP contribution in [0.15, 0.2) is 66.9 Å². The fourth-order valence-electron chi connectivity index (χ4n) is 3.61. The first-order valence-corrected chi connectivity index (χ1v) is 11.0. The topological polar surface area (TPSA) is 64.7 Å². The molecule has 1 amide bonds. The number of carbonyl (C=O) groups is 1. The number of nitrogens with one attached hydrogen (secondary N) is 1. The zero-order valence-corrected chi connectivity index (χ0v) is 19.1. The molecule has 1 unspecified atom stereocenters. The summed E-state index contributed by atoms with van der Waals surface area (Å²) in [6.45, 7) is 1.30. The molecule has 0 spiro atoms. The van der Waals surface area contributed by atoms with Crippen LogP contribution in [-0.4, -0.2) is 25.5 Å². The van der Waals surface area contributed by atoms with Gasteiger partial charge in [-0.1, -0.05) is 60.1 Å². The lowest BCUT2D eigenvalue weighted by Crippen LogP contribution is -2.32. The van der Waals surface area contributed by atoms with Gasteiger partial charge in [-0.15, -0.1) is 0 Å². The minimum absolute atomic E-state index is 0.0148. The molecule has 182 valence electrons. The third-order valence-corrected chi connectivity index (χ3v) is 5.77. The van der Waals surface area contributed by atoms with Crippen LogP contribution in [0.2, 0.25) is 5.02 Å². The first-order chi connectivity index (χ1) is 16.8. The summed E-state index contributed by atoms with van der Waals surface area (Å²) in [5.41, 5.74) is 1.01. The van der Waals surface area contributed by atoms with Gasteiger partial charge in [-0.05, 0) is 19.1 Å². The van der Waals surface area contributed by atoms with Gasteiger partial charge in [-0.2, -0.15) is 10.2 Å². The summed E-state index contributed by atoms with van der Waals surface area (Å²) < 4.78 is 55.5. The average molecular weight is 506 g/mol. The van der Waals surface area contributed by atoms with Crippen LogP contribution in [0, 0.1) is 0 Å². The van der Waals surface area contributed by atoms with Crippen LogP contribution in [-0.2, 0) is 11.3 Å². The van der Waals surface area contributed by atoms with Gasteiger partial charge >= 0.3 is 0 Å². The number of amides is 1. The number of nitrogens with zero attached hydrogens (tertiary/aromatic N) is 4. The maximum Gasteiger partial charge on any atom is 0.283 e. The molecule has 2 aromatic heterocycles. The zero-order valence-electron chi connectivity index (χ0n) is 18.4. The Morgan fingerprint density at radius 1 is 0.971 bits per heavy atom. The molecule has 4 aromatic rings. The predicted molar refractivity (Wildman–Crippen MR) is 123 cm³/mol. The summed E-state index contributed by atoms with van der Waals surface area (Å²) in [5.74, 6) is -0.696. The molecule has 35 heavy (non-hydrogen) atoms. The Labute approximate surface area is 203 Å². The van der Waals surface area contributed by atoms with Gasteiger partial charge in [0.15, 0.2) is 0 Å². The van der Waals surface area contributed by atoms with Gasteiger partial charge in [-0.25, -0.2) is 26.9 Å². The Hall–Kier alpha value is -3.66. The number of alkyl halides is 4. The standard InChI is InChI=1S/C24H20ClF4N5O/c1-14(34-21(23(28)29)18(25)20(32-34)22(26)27)24(35)30-12-16-13-33(17-10-6-3-7-11-17)31-19(16)15-8-4-2-5-9-15/h2-11,13-14,22-23H,12H2,1H3,(H,30,35). The summed E-state index contributed by atoms with van der Waals surface area (Å²) in [6.07, 6.45) is -4.59. The molecule has 0 fully saturated rings. The van der Waals surface area contributed by atoms with Crippen LogP contribution in [0.1, 0.15) is 42.8 Å². The molecular formula is C24H20ClF4N5O. The highest BCUT2D eigenvalue weighted by Crippen LogP contribution is 2.36. The van der Waals surface area contributed by atoms with E-state index in [-0.39, 0.29) is 6.54 Å². The van der Waals surface area contributed by atoms with Crippen LogP contribution in [0.4, 0.5) is 17.6 Å². The number of hydrogen-bond acceptors (Lipinski definition) is 3. The maximum atomic E-state index is 13.5. The van der Waals surface area contributed by atoms with Crippen molar-refractivity contribution in [1.29, 1.82) is 0 Å². The Morgan fingerprint density at radius 3 is 2.20 bits per heavy atom. The molecular weight excluding hydrogens is 486 g/mol. The van der Waals surface area contributed by atoms with E-state index in [2.05, 4.69) is 15.5 Å². The Morgan fingerprint density at radius 2 is 1.60 bits per heavy atom. The number of benzene rings is 2. The van der Waals surface area contributed by atoms with Gasteiger partial charge in [0.1, 0.15) is 17.4 Å². The summed E-state index contributed by atoms with van der Waals surface area (Å²) in [6, 6.07) is 17.4. The fraction of sp³-hybridized carbons (Fsp3) is 0.208. The second-order valence-corrected chi connectivity index (χ2v) is 8.05. The van der Waals surface area contributed by atoms with E-state index in [1.54, 1.807) is 10.9 Å². The van der Waals surface area contributed by atoms with Crippen LogP contribution >= 0.6 is 11.6 Å². The van der Waals surface area contributed by atoms with Crippen molar-refractivity contribution in [1.82, 2.24) is 24.9 Å². The average Bonchev–Trinajstić information content (AvgIpc) is 3.44. The van der Waals surface area contributed by atoms with E-state index in [9.17, 15) is 22.4 Å². The zero-order chi connectivity index (χ0) is 25.1. The molecule has 1 atom stereocenters. The van der Waals surface area contributed by atoms with Crippen molar-refractivity contribution in [3.05, 3.63) is 88.8 Å². The number of hydrogen-bond donors (Lipinski definition) is 1. The summed E-state index contributed by atoms with van der Waals surface area (Å²) in [5, 5.41) is 9.97. The van der Waals surface area contributed by atoms with Gasteiger partial charge in [0.05, 0.1) is 16.4 Å². The second-order valence-electron chi connectivity index (χ2n) is 7.67. The van der Waals surface area contributed by atoms with E-state index in [0.29, 0.717) is 15.9 Å². The molecule has 1 N–H and O–H groups in total. The lowest BCUT2D eigenvalue weighted by atomic mass is 10.1. The van der Waals surface area contributed by atoms with Crippen LogP contribution in [0.3, 0.4) is 0 Å². The molecule has 11 heteroatoms. The van der Waals surface area contributed by atoms with Crippen molar-refractivity contribution in [2.75, 3.05) is 0 Å². The molecule has 0 bridgehead atoms. The summed E-state index contributed by atoms with van der Waals surface area (Å²) in [4.78, 5) is 12.8. The summed E-state index contributed by atoms with van der Waals surface area (Å²) in [7, 11) is 0. The van der Waals surface area contributed by atoms with Gasteiger partial charge in [-0.3, -0.25) is 4.79 Å². The van der Waals surface area contributed by atoms with Crippen molar-refractivity contribution in [3.63, 3.8) is 0 Å². The van der Waals surface area contributed by atoms with Crippen LogP contribution in [0.5, 0.6) is 0 Å². The summed E-state index contributed by atoms with van der Waals surface area (Å²) >= 11 is 5.70. The van der Waals surface area contributed by atoms with Crippen molar-refractivity contribution in [2.24, 2.45) is 0 Å². The third kappa shape index (κ3) is 5.07. The predicted octanol–water partition coefficient (Wildman–Crippen LogP) is 6.14. The molecule has 4 rings (SSSR count). The molecule has 2 heterocycles. The van der Waals surface area contributed by atoms with Gasteiger partial charge in [0.25, 0.3) is 12.9 Å². The van der Waals surface area contributed by atoms with Gasteiger partial charge in [0, 0.05) is 23.9 Å². The van der Waals surface area contributed by atoms with E-state index >= 15 is 0 Å². The lowest BCUT2D eigenvalue weighted by Gasteiger charge is -2.15. The number of carbonyl (C=O) groups excluding carboxylic acids is 1. The van der Waals surface area contributed by atoms with Crippen molar-refractivity contribution < 1.29 is 22.4 Å². The molecule has 2 aromatic carbocycles. The van der Waals surface area contributed by atoms with Crippen LogP contribution < -0.4 is 5.32 Å². The SMILES string of the molecule is CC(C(=O)NCc1cn(-c2ccccc2)nc1-c1ccccc1)n1nc(C(F)F)c(Cl)c1C(F)F. The number of rotatable bonds is 8. The minimum atomic E-state index is -3.19. The normalized spacial score (nSPS) is 12.3. The van der Waals surface area contributed by atoms with Crippen molar-refractivity contribution in [3.8, 4) is 16.9 Å². The Balaban J connectivity index is 1.61. The molecule has 0 aliphatic rings.